The highest BCUT2D eigenvalue weighted by Crippen LogP contribution is 2.31. The fourth-order valence-corrected chi connectivity index (χ4v) is 1.91. The van der Waals surface area contributed by atoms with Gasteiger partial charge in [0.15, 0.2) is 6.10 Å². The lowest BCUT2D eigenvalue weighted by Gasteiger charge is -2.08. The number of fused-ring (bicyclic) bond motifs is 1. The van der Waals surface area contributed by atoms with Gasteiger partial charge in [-0.05, 0) is 24.6 Å². The van der Waals surface area contributed by atoms with Gasteiger partial charge >= 0.3 is 5.97 Å². The molecule has 1 heterocycles. The summed E-state index contributed by atoms with van der Waals surface area (Å²) in [7, 11) is 0. The van der Waals surface area contributed by atoms with Gasteiger partial charge in [0, 0.05) is 10.9 Å². The molecule has 1 aliphatic heterocycles. The highest BCUT2D eigenvalue weighted by molar-refractivity contribution is 9.10. The maximum atomic E-state index is 11.4. The van der Waals surface area contributed by atoms with E-state index in [1.165, 1.54) is 0 Å². The van der Waals surface area contributed by atoms with E-state index in [2.05, 4.69) is 15.9 Å². The van der Waals surface area contributed by atoms with E-state index in [4.69, 9.17) is 9.47 Å². The fraction of sp³-hybridized carbons (Fsp3) is 0.364. The molecular weight excluding hydrogens is 260 g/mol. The van der Waals surface area contributed by atoms with E-state index >= 15 is 0 Å². The first-order valence-corrected chi connectivity index (χ1v) is 5.61. The number of esters is 1. The Morgan fingerprint density at radius 3 is 3.20 bits per heavy atom. The second kappa shape index (κ2) is 4.23. The molecule has 4 heteroatoms. The van der Waals surface area contributed by atoms with Gasteiger partial charge in [-0.15, -0.1) is 0 Å². The summed E-state index contributed by atoms with van der Waals surface area (Å²) in [6, 6.07) is 5.77. The van der Waals surface area contributed by atoms with Crippen LogP contribution in [0.4, 0.5) is 0 Å². The maximum absolute atomic E-state index is 11.4. The molecule has 0 radical (unpaired) electrons. The van der Waals surface area contributed by atoms with Crippen LogP contribution in [0.15, 0.2) is 22.7 Å². The van der Waals surface area contributed by atoms with Gasteiger partial charge in [-0.25, -0.2) is 4.79 Å². The van der Waals surface area contributed by atoms with Crippen LogP contribution in [-0.2, 0) is 16.0 Å². The van der Waals surface area contributed by atoms with E-state index in [-0.39, 0.29) is 5.97 Å². The number of hydrogen-bond acceptors (Lipinski definition) is 3. The van der Waals surface area contributed by atoms with Gasteiger partial charge in [0.1, 0.15) is 5.75 Å². The van der Waals surface area contributed by atoms with Gasteiger partial charge in [-0.2, -0.15) is 0 Å². The predicted octanol–water partition coefficient (Wildman–Crippen LogP) is 2.32. The van der Waals surface area contributed by atoms with E-state index in [1.54, 1.807) is 6.92 Å². The summed E-state index contributed by atoms with van der Waals surface area (Å²) < 4.78 is 11.4. The molecule has 2 rings (SSSR count). The Labute approximate surface area is 96.5 Å². The molecule has 1 atom stereocenters. The van der Waals surface area contributed by atoms with Crippen molar-refractivity contribution in [3.05, 3.63) is 28.2 Å². The van der Waals surface area contributed by atoms with E-state index in [1.807, 2.05) is 18.2 Å². The summed E-state index contributed by atoms with van der Waals surface area (Å²) in [5.41, 5.74) is 1.05. The number of ether oxygens (including phenoxy) is 2. The molecule has 1 aliphatic rings. The molecule has 0 fully saturated rings. The largest absolute Gasteiger partial charge is 0.478 e. The minimum atomic E-state index is -0.478. The average Bonchev–Trinajstić information content (AvgIpc) is 2.60. The minimum Gasteiger partial charge on any atom is -0.478 e. The molecule has 0 amide bonds. The Hall–Kier alpha value is -1.03. The van der Waals surface area contributed by atoms with Gasteiger partial charge in [0.25, 0.3) is 0 Å². The fourth-order valence-electron chi connectivity index (χ4n) is 1.57. The molecule has 0 saturated heterocycles. The monoisotopic (exact) mass is 270 g/mol. The lowest BCUT2D eigenvalue weighted by Crippen LogP contribution is -2.27. The van der Waals surface area contributed by atoms with E-state index < -0.39 is 6.10 Å². The van der Waals surface area contributed by atoms with Crippen molar-refractivity contribution < 1.29 is 14.3 Å². The molecule has 15 heavy (non-hydrogen) atoms. The Morgan fingerprint density at radius 2 is 2.47 bits per heavy atom. The average molecular weight is 271 g/mol. The normalized spacial score (nSPS) is 18.1. The highest BCUT2D eigenvalue weighted by Gasteiger charge is 2.30. The number of carbonyl (C=O) groups excluding carboxylic acids is 1. The van der Waals surface area contributed by atoms with Crippen LogP contribution >= 0.6 is 15.9 Å². The molecule has 0 aliphatic carbocycles. The lowest BCUT2D eigenvalue weighted by atomic mass is 10.1. The topological polar surface area (TPSA) is 35.5 Å². The van der Waals surface area contributed by atoms with Crippen LogP contribution in [0.1, 0.15) is 12.5 Å². The molecule has 80 valence electrons. The summed E-state index contributed by atoms with van der Waals surface area (Å²) in [6.07, 6.45) is 0.121. The molecule has 1 aromatic carbocycles. The Balaban J connectivity index is 2.12. The van der Waals surface area contributed by atoms with Crippen LogP contribution < -0.4 is 4.74 Å². The summed E-state index contributed by atoms with van der Waals surface area (Å²) >= 11 is 3.36. The molecule has 0 aromatic heterocycles. The van der Waals surface area contributed by atoms with Gasteiger partial charge in [-0.3, -0.25) is 0 Å². The summed E-state index contributed by atoms with van der Waals surface area (Å²) in [5.74, 6) is 0.479. The van der Waals surface area contributed by atoms with Crippen LogP contribution in [0.25, 0.3) is 0 Å². The van der Waals surface area contributed by atoms with Gasteiger partial charge in [0.2, 0.25) is 0 Å². The quantitative estimate of drug-likeness (QED) is 0.774. The number of benzene rings is 1. The first kappa shape index (κ1) is 10.5. The van der Waals surface area contributed by atoms with Crippen molar-refractivity contribution in [2.75, 3.05) is 6.61 Å². The zero-order valence-electron chi connectivity index (χ0n) is 8.33. The Morgan fingerprint density at radius 1 is 1.67 bits per heavy atom. The third kappa shape index (κ3) is 2.15. The Kier molecular flexibility index (Phi) is 2.95. The lowest BCUT2D eigenvalue weighted by molar-refractivity contribution is -0.150. The summed E-state index contributed by atoms with van der Waals surface area (Å²) in [4.78, 5) is 11.4. The molecule has 0 saturated carbocycles. The predicted molar refractivity (Wildman–Crippen MR) is 58.9 cm³/mol. The molecule has 0 spiro atoms. The number of hydrogen-bond donors (Lipinski definition) is 0. The van der Waals surface area contributed by atoms with Gasteiger partial charge < -0.3 is 9.47 Å². The van der Waals surface area contributed by atoms with Crippen molar-refractivity contribution in [2.45, 2.75) is 19.4 Å². The van der Waals surface area contributed by atoms with E-state index in [9.17, 15) is 4.79 Å². The first-order chi connectivity index (χ1) is 7.20. The van der Waals surface area contributed by atoms with Crippen LogP contribution in [0, 0.1) is 0 Å². The van der Waals surface area contributed by atoms with E-state index in [0.29, 0.717) is 13.0 Å². The standard InChI is InChI=1S/C11H11BrO3/c1-2-14-11(13)10-5-7-3-4-8(12)6-9(7)15-10/h3-4,6,10H,2,5H2,1H3. The van der Waals surface area contributed by atoms with Crippen LogP contribution in [0.3, 0.4) is 0 Å². The molecule has 1 aromatic rings. The van der Waals surface area contributed by atoms with E-state index in [0.717, 1.165) is 15.8 Å². The second-order valence-corrected chi connectivity index (χ2v) is 4.23. The van der Waals surface area contributed by atoms with Crippen molar-refractivity contribution in [2.24, 2.45) is 0 Å². The van der Waals surface area contributed by atoms with Crippen LogP contribution in [-0.4, -0.2) is 18.7 Å². The zero-order chi connectivity index (χ0) is 10.8. The molecule has 0 bridgehead atoms. The number of rotatable bonds is 2. The molecular formula is C11H11BrO3. The van der Waals surface area contributed by atoms with Gasteiger partial charge in [-0.1, -0.05) is 22.0 Å². The maximum Gasteiger partial charge on any atom is 0.347 e. The van der Waals surface area contributed by atoms with Gasteiger partial charge in [0.05, 0.1) is 6.61 Å². The smallest absolute Gasteiger partial charge is 0.347 e. The minimum absolute atomic E-state index is 0.287. The molecule has 0 N–H and O–H groups in total. The second-order valence-electron chi connectivity index (χ2n) is 3.31. The zero-order valence-corrected chi connectivity index (χ0v) is 9.91. The summed E-state index contributed by atoms with van der Waals surface area (Å²) in [5, 5.41) is 0. The first-order valence-electron chi connectivity index (χ1n) is 4.82. The third-order valence-electron chi connectivity index (χ3n) is 2.25. The van der Waals surface area contributed by atoms with Crippen molar-refractivity contribution in [3.8, 4) is 5.75 Å². The molecule has 1 unspecified atom stereocenters. The van der Waals surface area contributed by atoms with Crippen molar-refractivity contribution in [1.29, 1.82) is 0 Å². The highest BCUT2D eigenvalue weighted by atomic mass is 79.9. The van der Waals surface area contributed by atoms with Crippen LogP contribution in [0.5, 0.6) is 5.75 Å². The Bertz CT molecular complexity index is 389. The van der Waals surface area contributed by atoms with Crippen molar-refractivity contribution in [3.63, 3.8) is 0 Å². The molecule has 3 nitrogen and oxygen atoms in total. The SMILES string of the molecule is CCOC(=O)C1Cc2ccc(Br)cc2O1. The number of halogens is 1. The summed E-state index contributed by atoms with van der Waals surface area (Å²) in [6.45, 7) is 2.18. The number of carbonyl (C=O) groups is 1. The van der Waals surface area contributed by atoms with Crippen molar-refractivity contribution in [1.82, 2.24) is 0 Å². The van der Waals surface area contributed by atoms with Crippen molar-refractivity contribution >= 4 is 21.9 Å². The third-order valence-corrected chi connectivity index (χ3v) is 2.75. The van der Waals surface area contributed by atoms with Crippen LogP contribution in [0.2, 0.25) is 0 Å².